The second-order valence-electron chi connectivity index (χ2n) is 2.01. The largest absolute Gasteiger partial charge is 0.490 e. The first kappa shape index (κ1) is 7.91. The lowest BCUT2D eigenvalue weighted by Crippen LogP contribution is -2.30. The molecule has 0 aromatic carbocycles. The molecule has 1 aromatic rings. The summed E-state index contributed by atoms with van der Waals surface area (Å²) >= 11 is 0. The van der Waals surface area contributed by atoms with Crippen LogP contribution in [0.4, 0.5) is 0 Å². The molecule has 0 aliphatic rings. The van der Waals surface area contributed by atoms with E-state index in [2.05, 4.69) is 4.98 Å². The van der Waals surface area contributed by atoms with Gasteiger partial charge in [-0.1, -0.05) is 6.07 Å². The third-order valence-electron chi connectivity index (χ3n) is 1.23. The quantitative estimate of drug-likeness (QED) is 0.401. The SMILES string of the molecule is O=Cc1ccc(B(O)O)cn1. The van der Waals surface area contributed by atoms with Crippen LogP contribution in [0.2, 0.25) is 0 Å². The van der Waals surface area contributed by atoms with Gasteiger partial charge in [0.05, 0.1) is 0 Å². The lowest BCUT2D eigenvalue weighted by molar-refractivity contribution is 0.111. The van der Waals surface area contributed by atoms with Crippen molar-refractivity contribution < 1.29 is 14.8 Å². The molecule has 0 bridgehead atoms. The van der Waals surface area contributed by atoms with Gasteiger partial charge in [0, 0.05) is 11.7 Å². The summed E-state index contributed by atoms with van der Waals surface area (Å²) in [5, 5.41) is 17.2. The zero-order chi connectivity index (χ0) is 8.27. The first-order valence-electron chi connectivity index (χ1n) is 3.01. The van der Waals surface area contributed by atoms with Crippen molar-refractivity contribution in [3.8, 4) is 0 Å². The number of hydrogen-bond donors (Lipinski definition) is 2. The number of carbonyl (C=O) groups excluding carboxylic acids is 1. The Morgan fingerprint density at radius 1 is 1.45 bits per heavy atom. The summed E-state index contributed by atoms with van der Waals surface area (Å²) < 4.78 is 0. The van der Waals surface area contributed by atoms with Crippen molar-refractivity contribution in [3.63, 3.8) is 0 Å². The van der Waals surface area contributed by atoms with E-state index in [1.54, 1.807) is 0 Å². The minimum atomic E-state index is -1.52. The Kier molecular flexibility index (Phi) is 2.35. The second kappa shape index (κ2) is 3.27. The smallest absolute Gasteiger partial charge is 0.423 e. The minimum Gasteiger partial charge on any atom is -0.423 e. The maximum absolute atomic E-state index is 10.1. The molecule has 1 rings (SSSR count). The number of rotatable bonds is 2. The first-order valence-corrected chi connectivity index (χ1v) is 3.01. The fourth-order valence-corrected chi connectivity index (χ4v) is 0.639. The van der Waals surface area contributed by atoms with E-state index in [0.717, 1.165) is 0 Å². The zero-order valence-electron chi connectivity index (χ0n) is 5.64. The molecule has 0 atom stereocenters. The van der Waals surface area contributed by atoms with Crippen molar-refractivity contribution in [1.82, 2.24) is 4.98 Å². The van der Waals surface area contributed by atoms with Crippen LogP contribution in [0.15, 0.2) is 18.3 Å². The molecule has 0 unspecified atom stereocenters. The van der Waals surface area contributed by atoms with E-state index < -0.39 is 7.12 Å². The van der Waals surface area contributed by atoms with E-state index in [1.807, 2.05) is 0 Å². The van der Waals surface area contributed by atoms with Crippen LogP contribution in [-0.4, -0.2) is 28.4 Å². The van der Waals surface area contributed by atoms with Gasteiger partial charge in [-0.3, -0.25) is 9.78 Å². The number of aldehydes is 1. The maximum Gasteiger partial charge on any atom is 0.490 e. The Bertz CT molecular complexity index is 247. The van der Waals surface area contributed by atoms with Gasteiger partial charge in [-0.25, -0.2) is 0 Å². The van der Waals surface area contributed by atoms with Gasteiger partial charge in [-0.15, -0.1) is 0 Å². The highest BCUT2D eigenvalue weighted by Crippen LogP contribution is 1.86. The highest BCUT2D eigenvalue weighted by atomic mass is 16.4. The van der Waals surface area contributed by atoms with Gasteiger partial charge in [0.25, 0.3) is 0 Å². The summed E-state index contributed by atoms with van der Waals surface area (Å²) in [7, 11) is -1.52. The summed E-state index contributed by atoms with van der Waals surface area (Å²) in [6.45, 7) is 0. The van der Waals surface area contributed by atoms with Crippen molar-refractivity contribution in [1.29, 1.82) is 0 Å². The molecule has 0 saturated heterocycles. The van der Waals surface area contributed by atoms with Crippen molar-refractivity contribution in [2.45, 2.75) is 0 Å². The lowest BCUT2D eigenvalue weighted by atomic mass is 9.82. The molecule has 0 aliphatic heterocycles. The van der Waals surface area contributed by atoms with E-state index in [0.29, 0.717) is 6.29 Å². The predicted octanol–water partition coefficient (Wildman–Crippen LogP) is -1.43. The van der Waals surface area contributed by atoms with Crippen LogP contribution in [0.1, 0.15) is 10.5 Å². The summed E-state index contributed by atoms with van der Waals surface area (Å²) in [5.74, 6) is 0. The van der Waals surface area contributed by atoms with Crippen molar-refractivity contribution in [2.75, 3.05) is 0 Å². The number of hydrogen-bond acceptors (Lipinski definition) is 4. The Hall–Kier alpha value is -1.20. The third-order valence-corrected chi connectivity index (χ3v) is 1.23. The normalized spacial score (nSPS) is 9.27. The molecule has 0 fully saturated rings. The number of pyridine rings is 1. The van der Waals surface area contributed by atoms with Crippen LogP contribution in [-0.2, 0) is 0 Å². The van der Waals surface area contributed by atoms with Crippen LogP contribution in [0.25, 0.3) is 0 Å². The molecule has 11 heavy (non-hydrogen) atoms. The number of nitrogens with zero attached hydrogens (tertiary/aromatic N) is 1. The van der Waals surface area contributed by atoms with Crippen LogP contribution in [0.5, 0.6) is 0 Å². The Morgan fingerprint density at radius 3 is 2.55 bits per heavy atom. The van der Waals surface area contributed by atoms with Gasteiger partial charge in [0.1, 0.15) is 5.69 Å². The van der Waals surface area contributed by atoms with Crippen molar-refractivity contribution in [3.05, 3.63) is 24.0 Å². The summed E-state index contributed by atoms with van der Waals surface area (Å²) in [5.41, 5.74) is 0.546. The molecule has 0 spiro atoms. The molecular formula is C6H6BNO3. The lowest BCUT2D eigenvalue weighted by Gasteiger charge is -1.96. The van der Waals surface area contributed by atoms with Gasteiger partial charge in [-0.2, -0.15) is 0 Å². The molecular weight excluding hydrogens is 145 g/mol. The minimum absolute atomic E-state index is 0.273. The van der Waals surface area contributed by atoms with E-state index in [-0.39, 0.29) is 11.2 Å². The molecule has 1 heterocycles. The van der Waals surface area contributed by atoms with Crippen LogP contribution < -0.4 is 5.46 Å². The molecule has 0 saturated carbocycles. The fraction of sp³-hybridized carbons (Fsp3) is 0. The molecule has 5 heteroatoms. The van der Waals surface area contributed by atoms with Gasteiger partial charge < -0.3 is 10.0 Å². The maximum atomic E-state index is 10.1. The first-order chi connectivity index (χ1) is 5.24. The molecule has 0 radical (unpaired) electrons. The monoisotopic (exact) mass is 151 g/mol. The van der Waals surface area contributed by atoms with Gasteiger partial charge in [0.2, 0.25) is 0 Å². The Labute approximate surface area is 63.7 Å². The fourth-order valence-electron chi connectivity index (χ4n) is 0.639. The third kappa shape index (κ3) is 1.86. The second-order valence-corrected chi connectivity index (χ2v) is 2.01. The average molecular weight is 151 g/mol. The molecule has 2 N–H and O–H groups in total. The summed E-state index contributed by atoms with van der Waals surface area (Å²) in [6, 6.07) is 2.85. The van der Waals surface area contributed by atoms with E-state index in [9.17, 15) is 4.79 Å². The molecule has 56 valence electrons. The summed E-state index contributed by atoms with van der Waals surface area (Å²) in [6.07, 6.45) is 1.84. The van der Waals surface area contributed by atoms with Crippen LogP contribution >= 0.6 is 0 Å². The number of aromatic nitrogens is 1. The van der Waals surface area contributed by atoms with Crippen LogP contribution in [0, 0.1) is 0 Å². The van der Waals surface area contributed by atoms with E-state index >= 15 is 0 Å². The van der Waals surface area contributed by atoms with Gasteiger partial charge in [-0.05, 0) is 6.07 Å². The molecule has 0 aliphatic carbocycles. The zero-order valence-corrected chi connectivity index (χ0v) is 5.64. The predicted molar refractivity (Wildman–Crippen MR) is 39.5 cm³/mol. The average Bonchev–Trinajstić information content (AvgIpc) is 2.05. The van der Waals surface area contributed by atoms with E-state index in [4.69, 9.17) is 10.0 Å². The van der Waals surface area contributed by atoms with Crippen molar-refractivity contribution in [2.24, 2.45) is 0 Å². The highest BCUT2D eigenvalue weighted by Gasteiger charge is 2.09. The topological polar surface area (TPSA) is 70.4 Å². The van der Waals surface area contributed by atoms with Gasteiger partial charge >= 0.3 is 7.12 Å². The molecule has 0 amide bonds. The molecule has 4 nitrogen and oxygen atoms in total. The number of carbonyl (C=O) groups is 1. The highest BCUT2D eigenvalue weighted by molar-refractivity contribution is 6.58. The van der Waals surface area contributed by atoms with Crippen molar-refractivity contribution >= 4 is 18.9 Å². The summed E-state index contributed by atoms with van der Waals surface area (Å²) in [4.78, 5) is 13.7. The van der Waals surface area contributed by atoms with E-state index in [1.165, 1.54) is 18.3 Å². The standard InChI is InChI=1S/C6H6BNO3/c9-4-6-2-1-5(3-8-6)7(10)11/h1-4,10-11H. The van der Waals surface area contributed by atoms with Crippen LogP contribution in [0.3, 0.4) is 0 Å². The molecule has 1 aromatic heterocycles. The Balaban J connectivity index is 2.91. The Morgan fingerprint density at radius 2 is 2.18 bits per heavy atom. The van der Waals surface area contributed by atoms with Gasteiger partial charge in [0.15, 0.2) is 6.29 Å².